The van der Waals surface area contributed by atoms with Gasteiger partial charge in [0.1, 0.15) is 53.2 Å². The van der Waals surface area contributed by atoms with Crippen LogP contribution in [-0.4, -0.2) is 160 Å². The first-order chi connectivity index (χ1) is 40.5. The van der Waals surface area contributed by atoms with E-state index in [1.54, 1.807) is 27.7 Å². The predicted octanol–water partition coefficient (Wildman–Crippen LogP) is 4.88. The summed E-state index contributed by atoms with van der Waals surface area (Å²) in [5.74, 6) is -3.34. The van der Waals surface area contributed by atoms with Crippen molar-refractivity contribution in [2.75, 3.05) is 19.8 Å². The minimum absolute atomic E-state index is 0.0112. The summed E-state index contributed by atoms with van der Waals surface area (Å²) in [6.45, 7) is 21.3. The van der Waals surface area contributed by atoms with Crippen molar-refractivity contribution < 1.29 is 106 Å². The predicted molar refractivity (Wildman–Crippen MR) is 299 cm³/mol. The summed E-state index contributed by atoms with van der Waals surface area (Å²) in [7, 11) is -7.20. The number of hydrogen-bond acceptors (Lipinski definition) is 26. The van der Waals surface area contributed by atoms with E-state index in [2.05, 4.69) is 12.1 Å². The highest BCUT2D eigenvalue weighted by Gasteiger charge is 2.74. The van der Waals surface area contributed by atoms with E-state index in [-0.39, 0.29) is 76.6 Å². The summed E-state index contributed by atoms with van der Waals surface area (Å²) in [4.78, 5) is 95.6. The SMILES string of the molecule is CCC(C)(C)C(=O)OC1C2CC3C1OC(=O)C3(C#N)C2.CCC(C)(C)C(=O)OCC(=O)OC1C2CC3C(O2)C1OS3(=O)=O.CCC(C)(C)C(=O)OCC(=O)OC1C2CC3C(S2)C1OS3(=O)=O.CCC(C)(C)C(=O)OCC1C2CC3C1OC(=O)C3(C#N)C2. The number of nitriles is 2. The number of nitrogens with zero attached hydrogens (tertiary/aromatic N) is 2. The highest BCUT2D eigenvalue weighted by atomic mass is 32.2. The van der Waals surface area contributed by atoms with E-state index in [1.807, 2.05) is 55.4 Å². The van der Waals surface area contributed by atoms with Crippen LogP contribution < -0.4 is 0 Å². The first-order valence-corrected chi connectivity index (χ1v) is 33.9. The zero-order valence-corrected chi connectivity index (χ0v) is 53.5. The fraction of sp³-hybridized carbons (Fsp3) is 0.831. The van der Waals surface area contributed by atoms with Crippen molar-refractivity contribution in [3.63, 3.8) is 0 Å². The average molecular weight is 1280 g/mol. The molecule has 8 saturated heterocycles. The molecule has 0 aromatic rings. The lowest BCUT2D eigenvalue weighted by Gasteiger charge is -2.30. The molecule has 20 atom stereocenters. The van der Waals surface area contributed by atoms with Crippen molar-refractivity contribution in [3.05, 3.63) is 0 Å². The molecule has 8 aliphatic heterocycles. The van der Waals surface area contributed by atoms with Crippen molar-refractivity contribution >= 4 is 79.8 Å². The zero-order valence-electron chi connectivity index (χ0n) is 51.1. The molecule has 12 rings (SSSR count). The first-order valence-electron chi connectivity index (χ1n) is 30.0. The van der Waals surface area contributed by atoms with E-state index >= 15 is 0 Å². The maximum absolute atomic E-state index is 12.2. The number of fused-ring (bicyclic) bond motifs is 4. The maximum Gasteiger partial charge on any atom is 0.344 e. The van der Waals surface area contributed by atoms with Crippen LogP contribution in [-0.2, 0) is 110 Å². The molecule has 0 aromatic carbocycles. The lowest BCUT2D eigenvalue weighted by Crippen LogP contribution is -2.42. The van der Waals surface area contributed by atoms with Crippen LogP contribution in [0.3, 0.4) is 0 Å². The van der Waals surface area contributed by atoms with Gasteiger partial charge >= 0.3 is 47.8 Å². The Morgan fingerprint density at radius 1 is 0.552 bits per heavy atom. The maximum atomic E-state index is 12.2. The van der Waals surface area contributed by atoms with Gasteiger partial charge in [0.25, 0.3) is 20.2 Å². The van der Waals surface area contributed by atoms with Gasteiger partial charge in [-0.2, -0.15) is 27.4 Å². The number of thioether (sulfide) groups is 1. The molecule has 8 bridgehead atoms. The molecule has 482 valence electrons. The molecule has 28 heteroatoms. The van der Waals surface area contributed by atoms with E-state index < -0.39 is 149 Å². The summed E-state index contributed by atoms with van der Waals surface area (Å²) >= 11 is 1.51. The number of carbonyl (C=O) groups excluding carboxylic acids is 8. The Labute approximate surface area is 511 Å². The Hall–Kier alpha value is -5.13. The van der Waals surface area contributed by atoms with Crippen LogP contribution in [0, 0.1) is 84.7 Å². The molecular weight excluding hydrogens is 1200 g/mol. The molecule has 0 N–H and O–H groups in total. The summed E-state index contributed by atoms with van der Waals surface area (Å²) in [5, 5.41) is 17.3. The van der Waals surface area contributed by atoms with Crippen LogP contribution in [0.1, 0.15) is 147 Å². The van der Waals surface area contributed by atoms with Gasteiger partial charge in [0.05, 0.1) is 51.8 Å². The second-order valence-corrected chi connectivity index (χ2v) is 32.6. The number of carbonyl (C=O) groups is 8. The van der Waals surface area contributed by atoms with Gasteiger partial charge in [-0.15, -0.1) is 11.8 Å². The molecule has 0 radical (unpaired) electrons. The number of esters is 8. The normalized spacial score (nSPS) is 38.7. The van der Waals surface area contributed by atoms with E-state index in [4.69, 9.17) is 51.0 Å². The summed E-state index contributed by atoms with van der Waals surface area (Å²) in [6.07, 6.45) is 1.01. The topological polar surface area (TPSA) is 354 Å². The zero-order chi connectivity index (χ0) is 64.1. The molecule has 4 saturated carbocycles. The Morgan fingerprint density at radius 2 is 1.01 bits per heavy atom. The monoisotopic (exact) mass is 1280 g/mol. The molecule has 12 aliphatic rings. The van der Waals surface area contributed by atoms with E-state index in [0.29, 0.717) is 45.1 Å². The molecule has 0 spiro atoms. The Morgan fingerprint density at radius 3 is 1.55 bits per heavy atom. The molecule has 0 aromatic heterocycles. The lowest BCUT2D eigenvalue weighted by atomic mass is 9.72. The fourth-order valence-corrected chi connectivity index (χ4v) is 19.6. The van der Waals surface area contributed by atoms with Gasteiger partial charge in [-0.3, -0.25) is 37.1 Å². The first kappa shape index (κ1) is 66.3. The van der Waals surface area contributed by atoms with Crippen LogP contribution in [0.5, 0.6) is 0 Å². The third-order valence-corrected chi connectivity index (χ3v) is 26.2. The van der Waals surface area contributed by atoms with Gasteiger partial charge < -0.3 is 42.6 Å². The quantitative estimate of drug-likeness (QED) is 0.106. The lowest BCUT2D eigenvalue weighted by molar-refractivity contribution is -0.170. The second kappa shape index (κ2) is 23.6. The average Bonchev–Trinajstić information content (AvgIpc) is 1.58. The van der Waals surface area contributed by atoms with Crippen LogP contribution >= 0.6 is 11.8 Å². The molecule has 8 heterocycles. The molecule has 12 fully saturated rings. The van der Waals surface area contributed by atoms with Crippen LogP contribution in [0.15, 0.2) is 0 Å². The summed E-state index contributed by atoms with van der Waals surface area (Å²) in [5.41, 5.74) is -4.24. The molecular formula is C59H80N2O23S3. The fourth-order valence-electron chi connectivity index (χ4n) is 13.8. The highest BCUT2D eigenvalue weighted by molar-refractivity contribution is 8.03. The van der Waals surface area contributed by atoms with E-state index in [1.165, 1.54) is 11.8 Å². The van der Waals surface area contributed by atoms with Crippen LogP contribution in [0.2, 0.25) is 0 Å². The van der Waals surface area contributed by atoms with Crippen molar-refractivity contribution in [1.29, 1.82) is 10.5 Å². The van der Waals surface area contributed by atoms with Crippen molar-refractivity contribution in [2.24, 2.45) is 62.1 Å². The third-order valence-electron chi connectivity index (χ3n) is 20.9. The van der Waals surface area contributed by atoms with Crippen LogP contribution in [0.4, 0.5) is 0 Å². The van der Waals surface area contributed by atoms with Gasteiger partial charge in [0.15, 0.2) is 30.1 Å². The van der Waals surface area contributed by atoms with Gasteiger partial charge in [0.2, 0.25) is 0 Å². The van der Waals surface area contributed by atoms with Gasteiger partial charge in [-0.1, -0.05) is 27.7 Å². The number of ether oxygens (including phenoxy) is 9. The van der Waals surface area contributed by atoms with E-state index in [0.717, 1.165) is 19.3 Å². The van der Waals surface area contributed by atoms with Crippen LogP contribution in [0.25, 0.3) is 0 Å². The summed E-state index contributed by atoms with van der Waals surface area (Å²) in [6, 6.07) is 4.34. The highest BCUT2D eigenvalue weighted by Crippen LogP contribution is 2.65. The second-order valence-electron chi connectivity index (χ2n) is 27.6. The molecule has 0 amide bonds. The molecule has 87 heavy (non-hydrogen) atoms. The van der Waals surface area contributed by atoms with Crippen molar-refractivity contribution in [2.45, 2.75) is 223 Å². The minimum atomic E-state index is -3.65. The Kier molecular flexibility index (Phi) is 18.0. The van der Waals surface area contributed by atoms with E-state index in [9.17, 15) is 65.7 Å². The smallest absolute Gasteiger partial charge is 0.344 e. The van der Waals surface area contributed by atoms with Crippen molar-refractivity contribution in [3.8, 4) is 12.1 Å². The standard InChI is InChI=1S/C16H21NO4.C15H19NO4.C14H20O8S.C14H20O7S2/c1-4-15(2,3)13(18)20-7-10-9-5-11-12(10)21-14(19)16(11,6-9)8-17;1-4-14(2,3)12(17)19-10-8-5-9-11(10)20-13(18)15(9,6-8)7-16;1-4-14(2,3)13(16)19-6-9(15)21-10-7-5-8-11(20-7)12(10)22-23(8,17)18;1-4-14(2,3)13(16)19-6-9(15)20-10-7-5-8-12(22-7)11(10)21-23(8,17)18/h9-12H,4-7H2,1-3H3;8-11H,4-6H2,1-3H3;2*7-8,10-12H,4-6H2,1-3H3. The molecule has 20 unspecified atom stereocenters. The van der Waals surface area contributed by atoms with Gasteiger partial charge in [-0.05, 0) is 126 Å². The molecule has 4 aliphatic carbocycles. The molecule has 25 nitrogen and oxygen atoms in total. The Bertz CT molecular complexity index is 3020. The van der Waals surface area contributed by atoms with Crippen molar-refractivity contribution in [1.82, 2.24) is 0 Å². The third kappa shape index (κ3) is 11.6. The number of hydrogen-bond donors (Lipinski definition) is 0. The Balaban J connectivity index is 0.000000139. The van der Waals surface area contributed by atoms with Gasteiger partial charge in [-0.25, -0.2) is 9.59 Å². The van der Waals surface area contributed by atoms with Gasteiger partial charge in [0, 0.05) is 28.9 Å². The summed E-state index contributed by atoms with van der Waals surface area (Å²) < 4.78 is 105. The largest absolute Gasteiger partial charge is 0.465 e. The minimum Gasteiger partial charge on any atom is -0.465 e. The number of rotatable bonds is 17.